The first kappa shape index (κ1) is 22.6. The number of nitrogens with zero attached hydrogens (tertiary/aromatic N) is 2. The molecule has 10 heteroatoms. The van der Waals surface area contributed by atoms with Gasteiger partial charge in [0, 0.05) is 38.6 Å². The van der Waals surface area contributed by atoms with Crippen molar-refractivity contribution < 1.29 is 32.6 Å². The maximum Gasteiger partial charge on any atom is 0.490 e. The lowest BCUT2D eigenvalue weighted by Gasteiger charge is -2.39. The number of carbonyl (C=O) groups is 2. The van der Waals surface area contributed by atoms with E-state index in [1.807, 2.05) is 11.3 Å². The third-order valence-corrected chi connectivity index (χ3v) is 5.80. The van der Waals surface area contributed by atoms with E-state index in [2.05, 4.69) is 22.4 Å². The minimum Gasteiger partial charge on any atom is -0.475 e. The monoisotopic (exact) mass is 422 g/mol. The Morgan fingerprint density at radius 1 is 1.32 bits per heavy atom. The summed E-state index contributed by atoms with van der Waals surface area (Å²) in [5.41, 5.74) is -0.0394. The van der Waals surface area contributed by atoms with Crippen LogP contribution in [0.15, 0.2) is 17.5 Å². The van der Waals surface area contributed by atoms with Crippen LogP contribution in [-0.4, -0.2) is 71.8 Å². The van der Waals surface area contributed by atoms with Gasteiger partial charge >= 0.3 is 12.1 Å². The van der Waals surface area contributed by atoms with Crippen LogP contribution in [0.1, 0.15) is 30.6 Å². The molecule has 0 radical (unpaired) electrons. The van der Waals surface area contributed by atoms with Crippen LogP contribution >= 0.6 is 11.3 Å². The number of rotatable bonds is 3. The number of hydrogen-bond acceptors (Lipinski definition) is 5. The van der Waals surface area contributed by atoms with Crippen LogP contribution < -0.4 is 0 Å². The molecule has 3 rings (SSSR count). The zero-order chi connectivity index (χ0) is 20.9. The summed E-state index contributed by atoms with van der Waals surface area (Å²) in [4.78, 5) is 26.5. The lowest BCUT2D eigenvalue weighted by Crippen LogP contribution is -2.45. The minimum atomic E-state index is -5.08. The van der Waals surface area contributed by atoms with Gasteiger partial charge in [0.25, 0.3) is 5.91 Å². The first-order valence-electron chi connectivity index (χ1n) is 8.96. The second-order valence-corrected chi connectivity index (χ2v) is 8.25. The molecule has 1 aromatic rings. The van der Waals surface area contributed by atoms with Crippen molar-refractivity contribution in [2.75, 3.05) is 27.2 Å². The van der Waals surface area contributed by atoms with E-state index >= 15 is 0 Å². The van der Waals surface area contributed by atoms with E-state index in [9.17, 15) is 18.0 Å². The van der Waals surface area contributed by atoms with Crippen molar-refractivity contribution in [2.24, 2.45) is 0 Å². The molecule has 1 N–H and O–H groups in total. The Labute approximate surface area is 165 Å². The van der Waals surface area contributed by atoms with Gasteiger partial charge in [0.2, 0.25) is 0 Å². The Balaban J connectivity index is 0.000000345. The quantitative estimate of drug-likeness (QED) is 0.811. The van der Waals surface area contributed by atoms with Crippen molar-refractivity contribution in [1.29, 1.82) is 0 Å². The molecule has 158 valence electrons. The van der Waals surface area contributed by atoms with Gasteiger partial charge in [-0.05, 0) is 37.1 Å². The predicted molar refractivity (Wildman–Crippen MR) is 98.1 cm³/mol. The molecule has 6 nitrogen and oxygen atoms in total. The summed E-state index contributed by atoms with van der Waals surface area (Å²) >= 11 is 1.82. The zero-order valence-corrected chi connectivity index (χ0v) is 16.7. The zero-order valence-electron chi connectivity index (χ0n) is 15.9. The van der Waals surface area contributed by atoms with Crippen LogP contribution in [0, 0.1) is 0 Å². The molecule has 0 aliphatic carbocycles. The second-order valence-electron chi connectivity index (χ2n) is 7.22. The molecular weight excluding hydrogens is 397 g/mol. The third kappa shape index (κ3) is 6.18. The molecule has 0 aromatic carbocycles. The second kappa shape index (κ2) is 9.23. The van der Waals surface area contributed by atoms with Gasteiger partial charge in [-0.15, -0.1) is 11.3 Å². The SMILES string of the molecule is CN(C)C(=O)C1CCC2(CCN(Cc3cccs3)CC2)O1.O=C(O)C(F)(F)F. The number of likely N-dealkylation sites (N-methyl/N-ethyl adjacent to an activating group) is 1. The maximum atomic E-state index is 12.0. The maximum absolute atomic E-state index is 12.0. The molecule has 2 saturated heterocycles. The lowest BCUT2D eigenvalue weighted by molar-refractivity contribution is -0.192. The van der Waals surface area contributed by atoms with Crippen LogP contribution in [0.3, 0.4) is 0 Å². The average Bonchev–Trinajstić information content (AvgIpc) is 3.26. The Morgan fingerprint density at radius 3 is 2.39 bits per heavy atom. The molecule has 2 fully saturated rings. The summed E-state index contributed by atoms with van der Waals surface area (Å²) in [5.74, 6) is -2.64. The fraction of sp³-hybridized carbons (Fsp3) is 0.667. The molecule has 1 atom stereocenters. The van der Waals surface area contributed by atoms with Gasteiger partial charge in [0.05, 0.1) is 5.60 Å². The van der Waals surface area contributed by atoms with E-state index in [1.165, 1.54) is 4.88 Å². The van der Waals surface area contributed by atoms with Gasteiger partial charge in [0.1, 0.15) is 6.10 Å². The van der Waals surface area contributed by atoms with Crippen LogP contribution in [0.25, 0.3) is 0 Å². The number of likely N-dealkylation sites (tertiary alicyclic amines) is 1. The van der Waals surface area contributed by atoms with E-state index in [0.717, 1.165) is 45.3 Å². The highest BCUT2D eigenvalue weighted by Crippen LogP contribution is 2.39. The summed E-state index contributed by atoms with van der Waals surface area (Å²) < 4.78 is 37.9. The minimum absolute atomic E-state index is 0.0394. The van der Waals surface area contributed by atoms with E-state index < -0.39 is 12.1 Å². The van der Waals surface area contributed by atoms with Crippen LogP contribution in [0.5, 0.6) is 0 Å². The topological polar surface area (TPSA) is 70.1 Å². The number of halogens is 3. The highest BCUT2D eigenvalue weighted by molar-refractivity contribution is 7.09. The van der Waals surface area contributed by atoms with Gasteiger partial charge in [0.15, 0.2) is 0 Å². The molecule has 0 bridgehead atoms. The third-order valence-electron chi connectivity index (χ3n) is 4.94. The van der Waals surface area contributed by atoms with Crippen molar-refractivity contribution in [2.45, 2.75) is 50.1 Å². The van der Waals surface area contributed by atoms with E-state index in [1.54, 1.807) is 19.0 Å². The van der Waals surface area contributed by atoms with Crippen molar-refractivity contribution in [3.63, 3.8) is 0 Å². The van der Waals surface area contributed by atoms with Gasteiger partial charge in [-0.1, -0.05) is 6.07 Å². The number of aliphatic carboxylic acids is 1. The number of thiophene rings is 1. The highest BCUT2D eigenvalue weighted by atomic mass is 32.1. The Kier molecular flexibility index (Phi) is 7.46. The number of carboxylic acid groups (broad SMARTS) is 1. The molecule has 3 heterocycles. The Bertz CT molecular complexity index is 656. The lowest BCUT2D eigenvalue weighted by atomic mass is 9.88. The van der Waals surface area contributed by atoms with Crippen molar-refractivity contribution in [3.05, 3.63) is 22.4 Å². The summed E-state index contributed by atoms with van der Waals surface area (Å²) in [6, 6.07) is 4.32. The largest absolute Gasteiger partial charge is 0.490 e. The van der Waals surface area contributed by atoms with Crippen LogP contribution in [-0.2, 0) is 20.9 Å². The fourth-order valence-electron chi connectivity index (χ4n) is 3.39. The van der Waals surface area contributed by atoms with Gasteiger partial charge in [-0.2, -0.15) is 13.2 Å². The summed E-state index contributed by atoms with van der Waals surface area (Å²) in [6.45, 7) is 3.19. The number of ether oxygens (including phenoxy) is 1. The number of amides is 1. The van der Waals surface area contributed by atoms with Crippen LogP contribution in [0.4, 0.5) is 13.2 Å². The van der Waals surface area contributed by atoms with E-state index in [-0.39, 0.29) is 17.6 Å². The molecule has 0 saturated carbocycles. The van der Waals surface area contributed by atoms with Gasteiger partial charge in [-0.25, -0.2) is 4.79 Å². The predicted octanol–water partition coefficient (Wildman–Crippen LogP) is 2.98. The Morgan fingerprint density at radius 2 is 1.93 bits per heavy atom. The summed E-state index contributed by atoms with van der Waals surface area (Å²) in [5, 5.41) is 9.26. The standard InChI is InChI=1S/C16H24N2O2S.C2HF3O2/c1-17(2)15(19)14-5-6-16(20-14)7-9-18(10-8-16)12-13-4-3-11-21-13;3-2(4,5)1(6)7/h3-4,11,14H,5-10,12H2,1-2H3;(H,6,7). The van der Waals surface area contributed by atoms with E-state index in [4.69, 9.17) is 14.6 Å². The smallest absolute Gasteiger partial charge is 0.475 e. The van der Waals surface area contributed by atoms with Crippen molar-refractivity contribution in [3.8, 4) is 0 Å². The molecule has 1 aromatic heterocycles. The Hall–Kier alpha value is -1.65. The van der Waals surface area contributed by atoms with Crippen molar-refractivity contribution in [1.82, 2.24) is 9.80 Å². The number of hydrogen-bond donors (Lipinski definition) is 1. The first-order valence-corrected chi connectivity index (χ1v) is 9.84. The van der Waals surface area contributed by atoms with Crippen molar-refractivity contribution >= 4 is 23.2 Å². The fourth-order valence-corrected chi connectivity index (χ4v) is 4.13. The van der Waals surface area contributed by atoms with Gasteiger partial charge < -0.3 is 14.7 Å². The van der Waals surface area contributed by atoms with E-state index in [0.29, 0.717) is 0 Å². The highest BCUT2D eigenvalue weighted by Gasteiger charge is 2.45. The number of carboxylic acids is 1. The molecule has 2 aliphatic heterocycles. The molecule has 1 unspecified atom stereocenters. The number of piperidine rings is 1. The molecule has 28 heavy (non-hydrogen) atoms. The molecule has 2 aliphatic rings. The average molecular weight is 422 g/mol. The summed E-state index contributed by atoms with van der Waals surface area (Å²) in [6.07, 6.45) is -1.29. The van der Waals surface area contributed by atoms with Crippen LogP contribution in [0.2, 0.25) is 0 Å². The summed E-state index contributed by atoms with van der Waals surface area (Å²) in [7, 11) is 3.61. The molecular formula is C18H25F3N2O4S. The first-order chi connectivity index (χ1) is 13.0. The normalized spacial score (nSPS) is 21.8. The van der Waals surface area contributed by atoms with Gasteiger partial charge in [-0.3, -0.25) is 9.69 Å². The number of carbonyl (C=O) groups excluding carboxylic acids is 1. The molecule has 1 amide bonds. The number of alkyl halides is 3. The molecule has 1 spiro atoms.